The number of Topliss-reactive ketones (excluding diaryl/α,β-unsaturated/α-hetero) is 1. The van der Waals surface area contributed by atoms with Crippen LogP contribution in [0.25, 0.3) is 0 Å². The maximum Gasteiger partial charge on any atom is 0.178 e. The van der Waals surface area contributed by atoms with Crippen LogP contribution in [0.4, 0.5) is 0 Å². The lowest BCUT2D eigenvalue weighted by molar-refractivity contribution is 0.101. The van der Waals surface area contributed by atoms with Crippen molar-refractivity contribution in [3.63, 3.8) is 0 Å². The molecule has 1 heterocycles. The van der Waals surface area contributed by atoms with Crippen LogP contribution in [0, 0.1) is 0 Å². The Kier molecular flexibility index (Phi) is 4.33. The van der Waals surface area contributed by atoms with Gasteiger partial charge in [-0.25, -0.2) is 4.98 Å². The zero-order valence-corrected chi connectivity index (χ0v) is 11.4. The number of hydrogen-bond acceptors (Lipinski definition) is 4. The molecule has 2 aromatic rings. The van der Waals surface area contributed by atoms with Gasteiger partial charge in [0.25, 0.3) is 0 Å². The van der Waals surface area contributed by atoms with Gasteiger partial charge in [-0.15, -0.1) is 11.3 Å². The molecule has 5 heteroatoms. The first-order valence-electron chi connectivity index (χ1n) is 5.49. The number of halogens is 1. The van der Waals surface area contributed by atoms with Gasteiger partial charge in [-0.05, 0) is 24.3 Å². The molecule has 0 spiro atoms. The molecule has 0 aliphatic heterocycles. The maximum atomic E-state index is 11.1. The highest BCUT2D eigenvalue weighted by Crippen LogP contribution is 2.16. The zero-order valence-electron chi connectivity index (χ0n) is 9.85. The van der Waals surface area contributed by atoms with Crippen LogP contribution >= 0.6 is 22.9 Å². The highest BCUT2D eigenvalue weighted by molar-refractivity contribution is 7.09. The smallest absolute Gasteiger partial charge is 0.178 e. The van der Waals surface area contributed by atoms with Gasteiger partial charge in [0, 0.05) is 23.7 Å². The van der Waals surface area contributed by atoms with Gasteiger partial charge in [-0.2, -0.15) is 0 Å². The van der Waals surface area contributed by atoms with Gasteiger partial charge in [0.05, 0.1) is 11.6 Å². The first kappa shape index (κ1) is 13.1. The normalized spacial score (nSPS) is 10.3. The third-order valence-electron chi connectivity index (χ3n) is 2.31. The van der Waals surface area contributed by atoms with Gasteiger partial charge < -0.3 is 4.74 Å². The average Bonchev–Trinajstić information content (AvgIpc) is 2.81. The number of carbonyl (C=O) groups is 1. The Morgan fingerprint density at radius 3 is 2.72 bits per heavy atom. The first-order chi connectivity index (χ1) is 8.65. The summed E-state index contributed by atoms with van der Waals surface area (Å²) in [5.74, 6) is 0.777. The predicted octanol–water partition coefficient (Wildman–Crippen LogP) is 3.62. The van der Waals surface area contributed by atoms with Gasteiger partial charge in [0.2, 0.25) is 0 Å². The highest BCUT2D eigenvalue weighted by Gasteiger charge is 2.05. The number of ether oxygens (including phenoxy) is 1. The van der Waals surface area contributed by atoms with Crippen LogP contribution in [-0.4, -0.2) is 17.4 Å². The molecular formula is C13H12ClNO2S. The summed E-state index contributed by atoms with van der Waals surface area (Å²) in [6.07, 6.45) is 0.695. The summed E-state index contributed by atoms with van der Waals surface area (Å²) in [4.78, 5) is 15.3. The maximum absolute atomic E-state index is 11.1. The molecule has 0 unspecified atom stereocenters. The number of carbonyl (C=O) groups excluding carboxylic acids is 1. The van der Waals surface area contributed by atoms with Gasteiger partial charge in [-0.1, -0.05) is 11.6 Å². The monoisotopic (exact) mass is 281 g/mol. The van der Waals surface area contributed by atoms with Gasteiger partial charge in [0.1, 0.15) is 11.4 Å². The Morgan fingerprint density at radius 2 is 2.11 bits per heavy atom. The molecule has 18 heavy (non-hydrogen) atoms. The van der Waals surface area contributed by atoms with E-state index in [0.717, 1.165) is 10.8 Å². The molecule has 0 fully saturated rings. The molecule has 0 N–H and O–H groups in total. The number of ketones is 1. The fraction of sp³-hybridized carbons (Fsp3) is 0.231. The molecule has 0 aliphatic rings. The van der Waals surface area contributed by atoms with Crippen molar-refractivity contribution in [2.75, 3.05) is 6.61 Å². The summed E-state index contributed by atoms with van der Waals surface area (Å²) in [6.45, 7) is 2.05. The minimum absolute atomic E-state index is 0.00359. The van der Waals surface area contributed by atoms with Crippen molar-refractivity contribution in [1.29, 1.82) is 0 Å². The molecule has 0 aliphatic carbocycles. The number of aromatic nitrogens is 1. The Morgan fingerprint density at radius 1 is 1.39 bits per heavy atom. The number of thiazole rings is 1. The molecular weight excluding hydrogens is 270 g/mol. The number of hydrogen-bond donors (Lipinski definition) is 0. The molecule has 1 aromatic heterocycles. The lowest BCUT2D eigenvalue weighted by atomic mass is 10.3. The molecule has 0 saturated heterocycles. The van der Waals surface area contributed by atoms with E-state index in [1.54, 1.807) is 17.5 Å². The minimum atomic E-state index is -0.00359. The molecule has 0 amide bonds. The van der Waals surface area contributed by atoms with Crippen molar-refractivity contribution in [3.8, 4) is 5.75 Å². The van der Waals surface area contributed by atoms with Crippen molar-refractivity contribution >= 4 is 28.7 Å². The number of nitrogens with zero attached hydrogens (tertiary/aromatic N) is 1. The largest absolute Gasteiger partial charge is 0.493 e. The standard InChI is InChI=1S/C13H12ClNO2S/c1-9(16)12-8-18-13(15-12)6-7-17-11-4-2-10(14)3-5-11/h2-5,8H,6-7H2,1H3. The minimum Gasteiger partial charge on any atom is -0.493 e. The molecule has 0 bridgehead atoms. The van der Waals surface area contributed by atoms with Crippen molar-refractivity contribution < 1.29 is 9.53 Å². The fourth-order valence-electron chi connectivity index (χ4n) is 1.37. The number of benzene rings is 1. The first-order valence-corrected chi connectivity index (χ1v) is 6.74. The fourth-order valence-corrected chi connectivity index (χ4v) is 2.32. The second kappa shape index (κ2) is 5.98. The zero-order chi connectivity index (χ0) is 13.0. The van der Waals surface area contributed by atoms with E-state index in [1.807, 2.05) is 12.1 Å². The van der Waals surface area contributed by atoms with Crippen LogP contribution in [-0.2, 0) is 6.42 Å². The van der Waals surface area contributed by atoms with Crippen LogP contribution < -0.4 is 4.74 Å². The topological polar surface area (TPSA) is 39.2 Å². The van der Waals surface area contributed by atoms with Crippen molar-refractivity contribution in [2.24, 2.45) is 0 Å². The van der Waals surface area contributed by atoms with E-state index in [4.69, 9.17) is 16.3 Å². The van der Waals surface area contributed by atoms with Gasteiger partial charge >= 0.3 is 0 Å². The molecule has 0 radical (unpaired) electrons. The molecule has 1 aromatic carbocycles. The van der Waals surface area contributed by atoms with E-state index in [9.17, 15) is 4.79 Å². The molecule has 94 valence electrons. The van der Waals surface area contributed by atoms with E-state index in [-0.39, 0.29) is 5.78 Å². The predicted molar refractivity (Wildman–Crippen MR) is 72.8 cm³/mol. The molecule has 0 saturated carbocycles. The lowest BCUT2D eigenvalue weighted by Gasteiger charge is -2.04. The third kappa shape index (κ3) is 3.55. The van der Waals surface area contributed by atoms with Crippen LogP contribution in [0.1, 0.15) is 22.4 Å². The average molecular weight is 282 g/mol. The molecule has 3 nitrogen and oxygen atoms in total. The van der Waals surface area contributed by atoms with Crippen molar-refractivity contribution in [2.45, 2.75) is 13.3 Å². The Bertz CT molecular complexity index is 536. The third-order valence-corrected chi connectivity index (χ3v) is 3.47. The summed E-state index contributed by atoms with van der Waals surface area (Å²) in [5.41, 5.74) is 0.529. The highest BCUT2D eigenvalue weighted by atomic mass is 35.5. The second-order valence-corrected chi connectivity index (χ2v) is 5.11. The Hall–Kier alpha value is -1.39. The molecule has 0 atom stereocenters. The van der Waals surface area contributed by atoms with E-state index in [0.29, 0.717) is 23.7 Å². The summed E-state index contributed by atoms with van der Waals surface area (Å²) in [5, 5.41) is 3.38. The van der Waals surface area contributed by atoms with Crippen LogP contribution in [0.5, 0.6) is 5.75 Å². The van der Waals surface area contributed by atoms with E-state index >= 15 is 0 Å². The Balaban J connectivity index is 1.84. The molecule has 2 rings (SSSR count). The summed E-state index contributed by atoms with van der Waals surface area (Å²) >= 11 is 7.26. The van der Waals surface area contributed by atoms with E-state index in [1.165, 1.54) is 18.3 Å². The van der Waals surface area contributed by atoms with Crippen LogP contribution in [0.15, 0.2) is 29.6 Å². The quantitative estimate of drug-likeness (QED) is 0.786. The van der Waals surface area contributed by atoms with E-state index in [2.05, 4.69) is 4.98 Å². The van der Waals surface area contributed by atoms with Crippen molar-refractivity contribution in [3.05, 3.63) is 45.4 Å². The second-order valence-electron chi connectivity index (χ2n) is 3.74. The summed E-state index contributed by atoms with van der Waals surface area (Å²) < 4.78 is 5.56. The number of rotatable bonds is 5. The Labute approximate surface area is 114 Å². The summed E-state index contributed by atoms with van der Waals surface area (Å²) in [7, 11) is 0. The van der Waals surface area contributed by atoms with Crippen LogP contribution in [0.2, 0.25) is 5.02 Å². The van der Waals surface area contributed by atoms with Crippen molar-refractivity contribution in [1.82, 2.24) is 4.98 Å². The van der Waals surface area contributed by atoms with Gasteiger partial charge in [-0.3, -0.25) is 4.79 Å². The van der Waals surface area contributed by atoms with Crippen LogP contribution in [0.3, 0.4) is 0 Å². The summed E-state index contributed by atoms with van der Waals surface area (Å²) in [6, 6.07) is 7.22. The lowest BCUT2D eigenvalue weighted by Crippen LogP contribution is -2.01. The van der Waals surface area contributed by atoms with Gasteiger partial charge in [0.15, 0.2) is 5.78 Å². The van der Waals surface area contributed by atoms with E-state index < -0.39 is 0 Å². The SMILES string of the molecule is CC(=O)c1csc(CCOc2ccc(Cl)cc2)n1.